The number of anilines is 1. The average molecular weight is 427 g/mol. The predicted octanol–water partition coefficient (Wildman–Crippen LogP) is 3.43. The first kappa shape index (κ1) is 18.7. The number of amides is 1. The number of aromatic amines is 1. The highest BCUT2D eigenvalue weighted by Crippen LogP contribution is 2.32. The van der Waals surface area contributed by atoms with E-state index in [-0.39, 0.29) is 22.9 Å². The monoisotopic (exact) mass is 427 g/mol. The maximum Gasteiger partial charge on any atom is 0.294 e. The van der Waals surface area contributed by atoms with E-state index in [4.69, 9.17) is 0 Å². The molecule has 0 spiro atoms. The second kappa shape index (κ2) is 6.71. The number of H-pyrrole nitrogens is 1. The van der Waals surface area contributed by atoms with Gasteiger partial charge in [-0.05, 0) is 54.3 Å². The lowest BCUT2D eigenvalue weighted by Crippen LogP contribution is -2.30. The van der Waals surface area contributed by atoms with Gasteiger partial charge >= 0.3 is 0 Å². The van der Waals surface area contributed by atoms with E-state index in [1.165, 1.54) is 12.1 Å². The van der Waals surface area contributed by atoms with Gasteiger partial charge in [0, 0.05) is 23.4 Å². The number of rotatable bonds is 3. The highest BCUT2D eigenvalue weighted by atomic mass is 19.1. The molecule has 3 heterocycles. The zero-order valence-corrected chi connectivity index (χ0v) is 17.2. The number of hydrogen-bond acceptors (Lipinski definition) is 4. The first-order valence-electron chi connectivity index (χ1n) is 10.5. The maximum absolute atomic E-state index is 13.6. The molecule has 0 bridgehead atoms. The molecule has 6 rings (SSSR count). The Labute approximate surface area is 181 Å². The lowest BCUT2D eigenvalue weighted by molar-refractivity contribution is 0.0988. The van der Waals surface area contributed by atoms with Gasteiger partial charge in [-0.15, -0.1) is 10.2 Å². The molecule has 7 nitrogen and oxygen atoms in total. The third-order valence-corrected chi connectivity index (χ3v) is 6.18. The number of hydrogen-bond donors (Lipinski definition) is 1. The zero-order chi connectivity index (χ0) is 22.0. The molecule has 1 N–H and O–H groups in total. The molecule has 1 aliphatic carbocycles. The van der Waals surface area contributed by atoms with Crippen LogP contribution in [-0.4, -0.2) is 32.0 Å². The van der Waals surface area contributed by atoms with Crippen molar-refractivity contribution in [1.82, 2.24) is 19.6 Å². The van der Waals surface area contributed by atoms with Crippen molar-refractivity contribution >= 4 is 33.8 Å². The minimum absolute atomic E-state index is 0.163. The van der Waals surface area contributed by atoms with E-state index >= 15 is 0 Å². The number of halogens is 1. The van der Waals surface area contributed by atoms with Crippen molar-refractivity contribution in [3.63, 3.8) is 0 Å². The standard InChI is InChI=1S/C24H18FN5O2/c1-2-13-11-20-18(26-23(31)22-28-27-21(30(20)22)14-4-3-5-14)12-17(13)24(32)29-9-8-15-10-16(25)6-7-19(15)29/h3-7,10-12H,2,8-9H2,1H3,(H,26,31). The zero-order valence-electron chi connectivity index (χ0n) is 17.2. The molecule has 0 radical (unpaired) electrons. The van der Waals surface area contributed by atoms with Gasteiger partial charge in [-0.25, -0.2) is 4.39 Å². The lowest BCUT2D eigenvalue weighted by atomic mass is 10.0. The quantitative estimate of drug-likeness (QED) is 0.543. The van der Waals surface area contributed by atoms with Crippen molar-refractivity contribution in [2.45, 2.75) is 19.8 Å². The van der Waals surface area contributed by atoms with Crippen molar-refractivity contribution in [2.24, 2.45) is 0 Å². The summed E-state index contributed by atoms with van der Waals surface area (Å²) in [5.74, 6) is 0.125. The van der Waals surface area contributed by atoms with E-state index in [1.54, 1.807) is 21.4 Å². The van der Waals surface area contributed by atoms with E-state index in [1.807, 2.05) is 31.2 Å². The van der Waals surface area contributed by atoms with Crippen LogP contribution in [0.1, 0.15) is 34.2 Å². The molecule has 2 aliphatic rings. The van der Waals surface area contributed by atoms with Gasteiger partial charge in [-0.2, -0.15) is 0 Å². The SMILES string of the molecule is CCc1cc2c(cc1C(=O)N1CCc3cc(F)ccc31)[nH]c(=O)c1nnc(C3=CC=C3)n12. The van der Waals surface area contributed by atoms with Crippen molar-refractivity contribution in [3.8, 4) is 0 Å². The molecule has 8 heteroatoms. The van der Waals surface area contributed by atoms with E-state index in [2.05, 4.69) is 15.2 Å². The minimum atomic E-state index is -0.371. The van der Waals surface area contributed by atoms with Crippen LogP contribution in [0, 0.1) is 5.82 Å². The highest BCUT2D eigenvalue weighted by Gasteiger charge is 2.28. The summed E-state index contributed by atoms with van der Waals surface area (Å²) in [5, 5.41) is 8.27. The molecule has 0 unspecified atom stereocenters. The molecule has 1 aliphatic heterocycles. The number of carbonyl (C=O) groups is 1. The number of allylic oxidation sites excluding steroid dienone is 4. The van der Waals surface area contributed by atoms with Gasteiger partial charge in [0.2, 0.25) is 5.65 Å². The number of nitrogens with zero attached hydrogens (tertiary/aromatic N) is 4. The Balaban J connectivity index is 1.54. The molecule has 4 aromatic rings. The summed E-state index contributed by atoms with van der Waals surface area (Å²) < 4.78 is 15.3. The van der Waals surface area contributed by atoms with E-state index in [0.29, 0.717) is 36.3 Å². The molecular formula is C24H18FN5O2. The van der Waals surface area contributed by atoms with Crippen molar-refractivity contribution in [2.75, 3.05) is 11.4 Å². The first-order valence-corrected chi connectivity index (χ1v) is 10.5. The highest BCUT2D eigenvalue weighted by molar-refractivity contribution is 6.09. The van der Waals surface area contributed by atoms with Crippen molar-refractivity contribution in [1.29, 1.82) is 0 Å². The third kappa shape index (κ3) is 2.59. The Hall–Kier alpha value is -4.07. The van der Waals surface area contributed by atoms with Crippen LogP contribution in [0.4, 0.5) is 10.1 Å². The van der Waals surface area contributed by atoms with Crippen LogP contribution < -0.4 is 10.5 Å². The smallest absolute Gasteiger partial charge is 0.294 e. The van der Waals surface area contributed by atoms with Crippen molar-refractivity contribution < 1.29 is 9.18 Å². The van der Waals surface area contributed by atoms with Gasteiger partial charge in [0.25, 0.3) is 11.5 Å². The Kier molecular flexibility index (Phi) is 3.92. The van der Waals surface area contributed by atoms with Crippen LogP contribution in [0.2, 0.25) is 0 Å². The van der Waals surface area contributed by atoms with Gasteiger partial charge in [-0.3, -0.25) is 14.0 Å². The van der Waals surface area contributed by atoms with Crippen LogP contribution >= 0.6 is 0 Å². The Morgan fingerprint density at radius 3 is 2.81 bits per heavy atom. The minimum Gasteiger partial charge on any atom is -0.317 e. The summed E-state index contributed by atoms with van der Waals surface area (Å²) in [5.41, 5.74) is 4.92. The molecule has 32 heavy (non-hydrogen) atoms. The van der Waals surface area contributed by atoms with Crippen LogP contribution in [0.5, 0.6) is 0 Å². The van der Waals surface area contributed by atoms with E-state index in [0.717, 1.165) is 27.9 Å². The summed E-state index contributed by atoms with van der Waals surface area (Å²) in [6.07, 6.45) is 6.96. The largest absolute Gasteiger partial charge is 0.317 e. The fraction of sp³-hybridized carbons (Fsp3) is 0.167. The van der Waals surface area contributed by atoms with Crippen molar-refractivity contribution in [3.05, 3.63) is 87.2 Å². The normalized spacial score (nSPS) is 14.7. The molecule has 1 amide bonds. The van der Waals surface area contributed by atoms with Crippen LogP contribution in [-0.2, 0) is 12.8 Å². The lowest BCUT2D eigenvalue weighted by Gasteiger charge is -2.20. The maximum atomic E-state index is 13.6. The summed E-state index contributed by atoms with van der Waals surface area (Å²) in [6, 6.07) is 8.15. The Morgan fingerprint density at radius 2 is 2.06 bits per heavy atom. The van der Waals surface area contributed by atoms with Gasteiger partial charge in [0.15, 0.2) is 5.82 Å². The topological polar surface area (TPSA) is 83.4 Å². The first-order chi connectivity index (χ1) is 15.5. The number of aryl methyl sites for hydroxylation is 1. The molecule has 0 atom stereocenters. The molecule has 2 aromatic carbocycles. The molecule has 0 saturated heterocycles. The Bertz CT molecular complexity index is 1580. The van der Waals surface area contributed by atoms with Gasteiger partial charge in [-0.1, -0.05) is 25.2 Å². The molecule has 2 aromatic heterocycles. The van der Waals surface area contributed by atoms with Crippen LogP contribution in [0.25, 0.3) is 22.3 Å². The summed E-state index contributed by atoms with van der Waals surface area (Å²) >= 11 is 0. The summed E-state index contributed by atoms with van der Waals surface area (Å²) in [7, 11) is 0. The number of carbonyl (C=O) groups excluding carboxylic acids is 1. The van der Waals surface area contributed by atoms with Gasteiger partial charge in [0.05, 0.1) is 11.0 Å². The van der Waals surface area contributed by atoms with Gasteiger partial charge < -0.3 is 9.88 Å². The fourth-order valence-electron chi connectivity index (χ4n) is 4.50. The molecule has 158 valence electrons. The Morgan fingerprint density at radius 1 is 1.22 bits per heavy atom. The second-order valence-corrected chi connectivity index (χ2v) is 7.98. The molecular weight excluding hydrogens is 409 g/mol. The fourth-order valence-corrected chi connectivity index (χ4v) is 4.50. The summed E-state index contributed by atoms with van der Waals surface area (Å²) in [6.45, 7) is 2.48. The summed E-state index contributed by atoms with van der Waals surface area (Å²) in [4.78, 5) is 30.7. The molecule has 0 saturated carbocycles. The van der Waals surface area contributed by atoms with Crippen LogP contribution in [0.3, 0.4) is 0 Å². The third-order valence-electron chi connectivity index (χ3n) is 6.18. The van der Waals surface area contributed by atoms with E-state index in [9.17, 15) is 14.0 Å². The molecule has 0 fully saturated rings. The van der Waals surface area contributed by atoms with Crippen LogP contribution in [0.15, 0.2) is 53.4 Å². The number of fused-ring (bicyclic) bond motifs is 4. The number of benzene rings is 2. The second-order valence-electron chi connectivity index (χ2n) is 7.98. The van der Waals surface area contributed by atoms with Gasteiger partial charge in [0.1, 0.15) is 5.82 Å². The number of nitrogens with one attached hydrogen (secondary N) is 1. The average Bonchev–Trinajstić information content (AvgIpc) is 3.36. The van der Waals surface area contributed by atoms with E-state index < -0.39 is 0 Å². The predicted molar refractivity (Wildman–Crippen MR) is 119 cm³/mol. The number of aromatic nitrogens is 4.